The lowest BCUT2D eigenvalue weighted by molar-refractivity contribution is -0.155. The van der Waals surface area contributed by atoms with Gasteiger partial charge in [0, 0.05) is 18.1 Å². The molecule has 0 amide bonds. The lowest BCUT2D eigenvalue weighted by Gasteiger charge is -2.26. The van der Waals surface area contributed by atoms with Crippen LogP contribution in [0, 0.1) is 0 Å². The molecule has 9 heteroatoms. The van der Waals surface area contributed by atoms with E-state index in [9.17, 15) is 13.2 Å². The van der Waals surface area contributed by atoms with Gasteiger partial charge in [-0.25, -0.2) is 8.42 Å². The molecule has 0 aromatic heterocycles. The lowest BCUT2D eigenvalue weighted by atomic mass is 10.2. The molecule has 0 atom stereocenters. The fourth-order valence-corrected chi connectivity index (χ4v) is 4.04. The van der Waals surface area contributed by atoms with Crippen molar-refractivity contribution in [3.05, 3.63) is 28.2 Å². The molecular formula is C16H24Cl2N2O4S. The number of benzene rings is 1. The molecule has 0 fully saturated rings. The number of nitrogens with zero attached hydrogens (tertiary/aromatic N) is 2. The number of hydrogen-bond donors (Lipinski definition) is 0. The minimum absolute atomic E-state index is 0.0449. The van der Waals surface area contributed by atoms with E-state index in [2.05, 4.69) is 0 Å². The van der Waals surface area contributed by atoms with E-state index in [-0.39, 0.29) is 21.5 Å². The fourth-order valence-electron chi connectivity index (χ4n) is 1.93. The molecule has 0 spiro atoms. The van der Waals surface area contributed by atoms with Crippen LogP contribution in [0.4, 0.5) is 0 Å². The molecule has 0 bridgehead atoms. The van der Waals surface area contributed by atoms with Crippen LogP contribution in [0.1, 0.15) is 20.8 Å². The van der Waals surface area contributed by atoms with Gasteiger partial charge < -0.3 is 9.64 Å². The Morgan fingerprint density at radius 2 is 1.76 bits per heavy atom. The summed E-state index contributed by atoms with van der Waals surface area (Å²) in [5, 5.41) is 0.288. The van der Waals surface area contributed by atoms with E-state index < -0.39 is 28.1 Å². The summed E-state index contributed by atoms with van der Waals surface area (Å²) in [6.07, 6.45) is 0. The summed E-state index contributed by atoms with van der Waals surface area (Å²) in [6.45, 7) is 5.29. The van der Waals surface area contributed by atoms with Crippen molar-refractivity contribution in [2.24, 2.45) is 0 Å². The Balaban J connectivity index is 3.16. The summed E-state index contributed by atoms with van der Waals surface area (Å²) in [6, 6.07) is 4.19. The van der Waals surface area contributed by atoms with Gasteiger partial charge in [0.05, 0.1) is 5.02 Å². The number of carbonyl (C=O) groups excluding carboxylic acids is 1. The number of likely N-dealkylation sites (N-methyl/N-ethyl adjacent to an activating group) is 1. The van der Waals surface area contributed by atoms with Gasteiger partial charge in [-0.2, -0.15) is 4.31 Å². The van der Waals surface area contributed by atoms with Crippen LogP contribution in [-0.4, -0.2) is 62.9 Å². The number of halogens is 2. The zero-order valence-corrected chi connectivity index (χ0v) is 17.4. The molecule has 0 aliphatic rings. The predicted molar refractivity (Wildman–Crippen MR) is 99.6 cm³/mol. The van der Waals surface area contributed by atoms with Crippen molar-refractivity contribution in [2.75, 3.05) is 33.7 Å². The van der Waals surface area contributed by atoms with E-state index in [0.29, 0.717) is 6.54 Å². The Kier molecular flexibility index (Phi) is 7.71. The Morgan fingerprint density at radius 3 is 2.28 bits per heavy atom. The van der Waals surface area contributed by atoms with Crippen LogP contribution < -0.4 is 0 Å². The summed E-state index contributed by atoms with van der Waals surface area (Å²) >= 11 is 11.9. The van der Waals surface area contributed by atoms with Crippen LogP contribution in [0.25, 0.3) is 0 Å². The summed E-state index contributed by atoms with van der Waals surface area (Å²) in [5.74, 6) is -0.631. The molecule has 0 radical (unpaired) electrons. The molecule has 25 heavy (non-hydrogen) atoms. The maximum Gasteiger partial charge on any atom is 0.321 e. The third kappa shape index (κ3) is 7.11. The first-order chi connectivity index (χ1) is 11.3. The highest BCUT2D eigenvalue weighted by Crippen LogP contribution is 2.27. The predicted octanol–water partition coefficient (Wildman–Crippen LogP) is 2.89. The maximum atomic E-state index is 13.0. The van der Waals surface area contributed by atoms with Crippen LogP contribution in [0.5, 0.6) is 0 Å². The van der Waals surface area contributed by atoms with E-state index in [0.717, 1.165) is 4.31 Å². The van der Waals surface area contributed by atoms with E-state index in [4.69, 9.17) is 27.9 Å². The van der Waals surface area contributed by atoms with E-state index >= 15 is 0 Å². The minimum Gasteiger partial charge on any atom is -0.459 e. The molecule has 0 unspecified atom stereocenters. The second-order valence-electron chi connectivity index (χ2n) is 6.80. The molecule has 6 nitrogen and oxygen atoms in total. The Bertz CT molecular complexity index is 715. The van der Waals surface area contributed by atoms with Crippen LogP contribution in [0.3, 0.4) is 0 Å². The molecule has 0 saturated carbocycles. The van der Waals surface area contributed by atoms with Gasteiger partial charge in [-0.15, -0.1) is 0 Å². The highest BCUT2D eigenvalue weighted by molar-refractivity contribution is 7.89. The molecule has 0 heterocycles. The van der Waals surface area contributed by atoms with Gasteiger partial charge >= 0.3 is 5.97 Å². The summed E-state index contributed by atoms with van der Waals surface area (Å²) in [5.41, 5.74) is -0.707. The Morgan fingerprint density at radius 1 is 1.16 bits per heavy atom. The van der Waals surface area contributed by atoms with Crippen molar-refractivity contribution in [3.8, 4) is 0 Å². The maximum absolute atomic E-state index is 13.0. The van der Waals surface area contributed by atoms with E-state index in [1.807, 2.05) is 19.0 Å². The normalized spacial score (nSPS) is 12.7. The number of hydrogen-bond acceptors (Lipinski definition) is 5. The summed E-state index contributed by atoms with van der Waals surface area (Å²) in [4.78, 5) is 13.8. The van der Waals surface area contributed by atoms with Gasteiger partial charge in [-0.3, -0.25) is 4.79 Å². The van der Waals surface area contributed by atoms with Crippen molar-refractivity contribution in [1.29, 1.82) is 0 Å². The highest BCUT2D eigenvalue weighted by atomic mass is 35.5. The monoisotopic (exact) mass is 410 g/mol. The highest BCUT2D eigenvalue weighted by Gasteiger charge is 2.30. The van der Waals surface area contributed by atoms with Crippen LogP contribution >= 0.6 is 23.2 Å². The topological polar surface area (TPSA) is 66.9 Å². The lowest BCUT2D eigenvalue weighted by Crippen LogP contribution is -2.42. The second kappa shape index (κ2) is 8.68. The Labute approximate surface area is 159 Å². The standard InChI is InChI=1S/C16H24Cl2N2O4S/c1-16(2,3)24-15(21)11-20(9-8-19(4)5)25(22,23)14-10-12(17)6-7-13(14)18/h6-7,10H,8-9,11H2,1-5H3. The molecule has 1 rings (SSSR count). The quantitative estimate of drug-likeness (QED) is 0.646. The molecule has 0 saturated heterocycles. The smallest absolute Gasteiger partial charge is 0.321 e. The number of ether oxygens (including phenoxy) is 1. The Hall–Kier alpha value is -0.860. The van der Waals surface area contributed by atoms with Gasteiger partial charge in [0.2, 0.25) is 10.0 Å². The minimum atomic E-state index is -4.01. The van der Waals surface area contributed by atoms with Crippen molar-refractivity contribution in [1.82, 2.24) is 9.21 Å². The van der Waals surface area contributed by atoms with E-state index in [1.54, 1.807) is 20.8 Å². The first-order valence-electron chi connectivity index (χ1n) is 7.65. The van der Waals surface area contributed by atoms with Gasteiger partial charge in [-0.05, 0) is 53.1 Å². The molecule has 0 aliphatic heterocycles. The SMILES string of the molecule is CN(C)CCN(CC(=O)OC(C)(C)C)S(=O)(=O)c1cc(Cl)ccc1Cl. The first kappa shape index (κ1) is 22.2. The summed E-state index contributed by atoms with van der Waals surface area (Å²) in [7, 11) is -0.391. The van der Waals surface area contributed by atoms with E-state index in [1.165, 1.54) is 18.2 Å². The van der Waals surface area contributed by atoms with Crippen molar-refractivity contribution in [2.45, 2.75) is 31.3 Å². The van der Waals surface area contributed by atoms with Gasteiger partial charge in [0.25, 0.3) is 0 Å². The molecule has 0 N–H and O–H groups in total. The zero-order valence-electron chi connectivity index (χ0n) is 15.0. The van der Waals surface area contributed by atoms with Crippen molar-refractivity contribution >= 4 is 39.2 Å². The number of carbonyl (C=O) groups is 1. The molecule has 0 aliphatic carbocycles. The third-order valence-electron chi connectivity index (χ3n) is 3.03. The molecular weight excluding hydrogens is 387 g/mol. The fraction of sp³-hybridized carbons (Fsp3) is 0.562. The van der Waals surface area contributed by atoms with Crippen molar-refractivity contribution in [3.63, 3.8) is 0 Å². The number of esters is 1. The average molecular weight is 411 g/mol. The molecule has 1 aromatic rings. The van der Waals surface area contributed by atoms with Crippen LogP contribution in [-0.2, 0) is 19.6 Å². The van der Waals surface area contributed by atoms with Crippen molar-refractivity contribution < 1.29 is 17.9 Å². The largest absolute Gasteiger partial charge is 0.459 e. The van der Waals surface area contributed by atoms with Gasteiger partial charge in [-0.1, -0.05) is 23.2 Å². The second-order valence-corrected chi connectivity index (χ2v) is 9.55. The third-order valence-corrected chi connectivity index (χ3v) is 5.59. The van der Waals surface area contributed by atoms with Gasteiger partial charge in [0.15, 0.2) is 0 Å². The van der Waals surface area contributed by atoms with Crippen LogP contribution in [0.15, 0.2) is 23.1 Å². The number of rotatable bonds is 7. The first-order valence-corrected chi connectivity index (χ1v) is 9.84. The molecule has 1 aromatic carbocycles. The average Bonchev–Trinajstić information content (AvgIpc) is 2.43. The molecule has 142 valence electrons. The van der Waals surface area contributed by atoms with Gasteiger partial charge in [0.1, 0.15) is 17.0 Å². The summed E-state index contributed by atoms with van der Waals surface area (Å²) < 4.78 is 32.2. The number of sulfonamides is 1. The zero-order chi connectivity index (χ0) is 19.4. The van der Waals surface area contributed by atoms with Crippen LogP contribution in [0.2, 0.25) is 10.0 Å².